The quantitative estimate of drug-likeness (QED) is 0.615. The lowest BCUT2D eigenvalue weighted by atomic mass is 10.1. The summed E-state index contributed by atoms with van der Waals surface area (Å²) in [7, 11) is 1.51. The number of amides is 1. The van der Waals surface area contributed by atoms with Gasteiger partial charge in [0.1, 0.15) is 5.69 Å². The van der Waals surface area contributed by atoms with Crippen LogP contribution < -0.4 is 10.6 Å². The van der Waals surface area contributed by atoms with Crippen molar-refractivity contribution in [1.82, 2.24) is 15.5 Å². The van der Waals surface area contributed by atoms with Crippen LogP contribution in [0.2, 0.25) is 0 Å². The molecule has 0 aliphatic carbocycles. The third-order valence-electron chi connectivity index (χ3n) is 2.55. The number of benzene rings is 1. The van der Waals surface area contributed by atoms with Gasteiger partial charge in [-0.1, -0.05) is 11.2 Å². The molecule has 0 unspecified atom stereocenters. The zero-order valence-electron chi connectivity index (χ0n) is 10.5. The molecule has 9 nitrogen and oxygen atoms in total. The van der Waals surface area contributed by atoms with Gasteiger partial charge in [0.25, 0.3) is 11.6 Å². The number of hydrogen-bond donors (Lipinski definition) is 2. The summed E-state index contributed by atoms with van der Waals surface area (Å²) < 4.78 is 4.53. The van der Waals surface area contributed by atoms with Crippen LogP contribution in [0.3, 0.4) is 0 Å². The van der Waals surface area contributed by atoms with E-state index in [2.05, 4.69) is 25.3 Å². The first-order valence-corrected chi connectivity index (χ1v) is 5.62. The van der Waals surface area contributed by atoms with Gasteiger partial charge in [-0.2, -0.15) is 4.98 Å². The lowest BCUT2D eigenvalue weighted by molar-refractivity contribution is -0.384. The lowest BCUT2D eigenvalue weighted by Crippen LogP contribution is -2.24. The molecule has 0 saturated heterocycles. The molecule has 20 heavy (non-hydrogen) atoms. The van der Waals surface area contributed by atoms with E-state index in [-0.39, 0.29) is 23.5 Å². The Balaban J connectivity index is 2.21. The van der Waals surface area contributed by atoms with E-state index < -0.39 is 10.8 Å². The van der Waals surface area contributed by atoms with Gasteiger partial charge in [-0.15, -0.1) is 0 Å². The molecule has 104 valence electrons. The molecule has 0 fully saturated rings. The lowest BCUT2D eigenvalue weighted by Gasteiger charge is -2.09. The van der Waals surface area contributed by atoms with Gasteiger partial charge in [0, 0.05) is 13.1 Å². The number of hydrogen-bond acceptors (Lipinski definition) is 7. The molecule has 0 radical (unpaired) electrons. The van der Waals surface area contributed by atoms with E-state index in [0.717, 1.165) is 6.39 Å². The van der Waals surface area contributed by atoms with Crippen LogP contribution in [0, 0.1) is 10.1 Å². The largest absolute Gasteiger partial charge is 0.382 e. The summed E-state index contributed by atoms with van der Waals surface area (Å²) >= 11 is 0. The summed E-state index contributed by atoms with van der Waals surface area (Å²) in [5.74, 6) is -0.155. The van der Waals surface area contributed by atoms with E-state index in [1.807, 2.05) is 0 Å². The van der Waals surface area contributed by atoms with Gasteiger partial charge in [0.2, 0.25) is 6.39 Å². The van der Waals surface area contributed by atoms with Crippen molar-refractivity contribution in [3.63, 3.8) is 0 Å². The third kappa shape index (κ3) is 2.71. The van der Waals surface area contributed by atoms with Gasteiger partial charge in [-0.25, -0.2) is 0 Å². The van der Waals surface area contributed by atoms with Crippen molar-refractivity contribution in [2.75, 3.05) is 12.4 Å². The summed E-state index contributed by atoms with van der Waals surface area (Å²) in [6, 6.07) is 4.26. The Labute approximate surface area is 113 Å². The van der Waals surface area contributed by atoms with E-state index in [1.165, 1.54) is 25.2 Å². The highest BCUT2D eigenvalue weighted by atomic mass is 16.6. The number of anilines is 1. The van der Waals surface area contributed by atoms with Crippen LogP contribution in [0.1, 0.15) is 16.2 Å². The molecule has 0 aliphatic rings. The topological polar surface area (TPSA) is 123 Å². The number of aromatic nitrogens is 2. The third-order valence-corrected chi connectivity index (χ3v) is 2.55. The standard InChI is InChI=1S/C11H11N5O4/c1-12-10-7(3-2-4-8(10)16(18)19)11(17)13-5-9-14-6-20-15-9/h2-4,6,12H,5H2,1H3,(H,13,17). The van der Waals surface area contributed by atoms with Gasteiger partial charge in [0.15, 0.2) is 5.82 Å². The maximum absolute atomic E-state index is 12.0. The Bertz CT molecular complexity index is 626. The van der Waals surface area contributed by atoms with E-state index in [1.54, 1.807) is 0 Å². The van der Waals surface area contributed by atoms with Crippen molar-refractivity contribution in [2.24, 2.45) is 0 Å². The Morgan fingerprint density at radius 2 is 2.30 bits per heavy atom. The molecule has 1 aromatic carbocycles. The predicted octanol–water partition coefficient (Wildman–Crippen LogP) is 0.949. The Kier molecular flexibility index (Phi) is 3.89. The van der Waals surface area contributed by atoms with Crippen LogP contribution in [0.4, 0.5) is 11.4 Å². The van der Waals surface area contributed by atoms with Crippen molar-refractivity contribution in [1.29, 1.82) is 0 Å². The zero-order chi connectivity index (χ0) is 14.5. The van der Waals surface area contributed by atoms with Crippen LogP contribution in [-0.2, 0) is 6.54 Å². The van der Waals surface area contributed by atoms with Crippen molar-refractivity contribution >= 4 is 17.3 Å². The molecular weight excluding hydrogens is 266 g/mol. The molecule has 2 aromatic rings. The number of carbonyl (C=O) groups is 1. The van der Waals surface area contributed by atoms with Crippen molar-refractivity contribution < 1.29 is 14.2 Å². The second-order valence-electron chi connectivity index (χ2n) is 3.74. The maximum atomic E-state index is 12.0. The van der Waals surface area contributed by atoms with E-state index in [9.17, 15) is 14.9 Å². The first-order valence-electron chi connectivity index (χ1n) is 5.62. The van der Waals surface area contributed by atoms with Crippen LogP contribution in [-0.4, -0.2) is 28.0 Å². The summed E-state index contributed by atoms with van der Waals surface area (Å²) in [4.78, 5) is 26.1. The molecule has 0 atom stereocenters. The SMILES string of the molecule is CNc1c(C(=O)NCc2ncon2)cccc1[N+](=O)[O-]. The van der Waals surface area contributed by atoms with Gasteiger partial charge in [-0.05, 0) is 6.07 Å². The maximum Gasteiger partial charge on any atom is 0.293 e. The number of rotatable bonds is 5. The molecule has 1 heterocycles. The summed E-state index contributed by atoms with van der Waals surface area (Å²) in [6.07, 6.45) is 1.15. The molecule has 2 N–H and O–H groups in total. The van der Waals surface area contributed by atoms with Gasteiger partial charge < -0.3 is 15.2 Å². The van der Waals surface area contributed by atoms with Gasteiger partial charge in [-0.3, -0.25) is 14.9 Å². The molecule has 0 aliphatic heterocycles. The van der Waals surface area contributed by atoms with Crippen LogP contribution in [0.15, 0.2) is 29.1 Å². The van der Waals surface area contributed by atoms with Crippen LogP contribution >= 0.6 is 0 Å². The van der Waals surface area contributed by atoms with Gasteiger partial charge in [0.05, 0.1) is 17.0 Å². The second kappa shape index (κ2) is 5.78. The van der Waals surface area contributed by atoms with Gasteiger partial charge >= 0.3 is 0 Å². The molecule has 1 amide bonds. The molecule has 2 rings (SSSR count). The molecule has 1 aromatic heterocycles. The molecule has 0 bridgehead atoms. The van der Waals surface area contributed by atoms with Crippen molar-refractivity contribution in [3.8, 4) is 0 Å². The highest BCUT2D eigenvalue weighted by Gasteiger charge is 2.20. The minimum absolute atomic E-state index is 0.0706. The molecular formula is C11H11N5O4. The molecule has 0 saturated carbocycles. The Morgan fingerprint density at radius 1 is 1.50 bits per heavy atom. The zero-order valence-corrected chi connectivity index (χ0v) is 10.5. The highest BCUT2D eigenvalue weighted by molar-refractivity contribution is 6.01. The fourth-order valence-corrected chi connectivity index (χ4v) is 1.67. The normalized spacial score (nSPS) is 10.1. The fourth-order valence-electron chi connectivity index (χ4n) is 1.67. The number of nitrogens with zero attached hydrogens (tertiary/aromatic N) is 3. The fraction of sp³-hybridized carbons (Fsp3) is 0.182. The summed E-state index contributed by atoms with van der Waals surface area (Å²) in [6.45, 7) is 0.0706. The van der Waals surface area contributed by atoms with Crippen molar-refractivity contribution in [3.05, 3.63) is 46.1 Å². The number of carbonyl (C=O) groups excluding carboxylic acids is 1. The number of nitro groups is 1. The summed E-state index contributed by atoms with van der Waals surface area (Å²) in [5.41, 5.74) is 0.160. The summed E-state index contributed by atoms with van der Waals surface area (Å²) in [5, 5.41) is 19.7. The predicted molar refractivity (Wildman–Crippen MR) is 68.1 cm³/mol. The second-order valence-corrected chi connectivity index (χ2v) is 3.74. The first-order chi connectivity index (χ1) is 9.63. The average Bonchev–Trinajstić information content (AvgIpc) is 2.97. The van der Waals surface area contributed by atoms with E-state index in [0.29, 0.717) is 5.82 Å². The molecule has 0 spiro atoms. The minimum Gasteiger partial charge on any atom is -0.382 e. The van der Waals surface area contributed by atoms with E-state index >= 15 is 0 Å². The van der Waals surface area contributed by atoms with Crippen LogP contribution in [0.5, 0.6) is 0 Å². The monoisotopic (exact) mass is 277 g/mol. The Hall–Kier alpha value is -2.97. The number of para-hydroxylation sites is 1. The Morgan fingerprint density at radius 3 is 2.90 bits per heavy atom. The number of nitro benzene ring substituents is 1. The highest BCUT2D eigenvalue weighted by Crippen LogP contribution is 2.27. The number of nitrogens with one attached hydrogen (secondary N) is 2. The smallest absolute Gasteiger partial charge is 0.293 e. The minimum atomic E-state index is -0.554. The van der Waals surface area contributed by atoms with Crippen molar-refractivity contribution in [2.45, 2.75) is 6.54 Å². The first kappa shape index (κ1) is 13.5. The average molecular weight is 277 g/mol. The van der Waals surface area contributed by atoms with E-state index in [4.69, 9.17) is 0 Å². The molecule has 9 heteroatoms. The van der Waals surface area contributed by atoms with Crippen LogP contribution in [0.25, 0.3) is 0 Å².